The largest absolute Gasteiger partial charge is 0.384 e. The van der Waals surface area contributed by atoms with Crippen LogP contribution in [0, 0.1) is 11.8 Å². The van der Waals surface area contributed by atoms with Gasteiger partial charge in [0.15, 0.2) is 0 Å². The molecule has 1 heterocycles. The number of rotatable bonds is 6. The van der Waals surface area contributed by atoms with Gasteiger partial charge in [-0.1, -0.05) is 11.8 Å². The van der Waals surface area contributed by atoms with E-state index in [0.29, 0.717) is 24.2 Å². The Labute approximate surface area is 131 Å². The Morgan fingerprint density at radius 3 is 2.62 bits per heavy atom. The summed E-state index contributed by atoms with van der Waals surface area (Å²) in [6.07, 6.45) is 0. The zero-order chi connectivity index (χ0) is 15.8. The quantitative estimate of drug-likeness (QED) is 0.790. The molecule has 0 saturated heterocycles. The Morgan fingerprint density at radius 1 is 1.38 bits per heavy atom. The minimum Gasteiger partial charge on any atom is -0.384 e. The summed E-state index contributed by atoms with van der Waals surface area (Å²) >= 11 is 1.41. The van der Waals surface area contributed by atoms with Gasteiger partial charge in [-0.2, -0.15) is 0 Å². The van der Waals surface area contributed by atoms with E-state index in [4.69, 9.17) is 5.11 Å². The van der Waals surface area contributed by atoms with Crippen molar-refractivity contribution in [1.82, 2.24) is 10.2 Å². The molecule has 0 aliphatic carbocycles. The van der Waals surface area contributed by atoms with Gasteiger partial charge in [-0.05, 0) is 33.8 Å². The van der Waals surface area contributed by atoms with Crippen molar-refractivity contribution in [3.05, 3.63) is 21.9 Å². The van der Waals surface area contributed by atoms with Crippen LogP contribution in [-0.2, 0) is 0 Å². The normalized spacial score (nSPS) is 10.9. The van der Waals surface area contributed by atoms with Crippen molar-refractivity contribution < 1.29 is 9.90 Å². The molecule has 0 saturated carbocycles. The van der Waals surface area contributed by atoms with E-state index >= 15 is 0 Å². The highest BCUT2D eigenvalue weighted by Crippen LogP contribution is 2.13. The van der Waals surface area contributed by atoms with Gasteiger partial charge in [0.2, 0.25) is 0 Å². The molecule has 0 unspecified atom stereocenters. The van der Waals surface area contributed by atoms with E-state index in [1.807, 2.05) is 0 Å². The van der Waals surface area contributed by atoms with Crippen molar-refractivity contribution in [3.8, 4) is 11.8 Å². The van der Waals surface area contributed by atoms with Gasteiger partial charge in [0.1, 0.15) is 6.61 Å². The second-order valence-corrected chi connectivity index (χ2v) is 6.25. The smallest absolute Gasteiger partial charge is 0.252 e. The second kappa shape index (κ2) is 8.83. The van der Waals surface area contributed by atoms with Crippen LogP contribution in [0.25, 0.3) is 0 Å². The van der Waals surface area contributed by atoms with E-state index in [9.17, 15) is 4.79 Å². The van der Waals surface area contributed by atoms with Crippen molar-refractivity contribution in [2.45, 2.75) is 39.8 Å². The molecule has 1 aromatic heterocycles. The van der Waals surface area contributed by atoms with Crippen LogP contribution in [0.5, 0.6) is 0 Å². The van der Waals surface area contributed by atoms with E-state index in [-0.39, 0.29) is 12.5 Å². The molecular formula is C16H24N2O2S. The van der Waals surface area contributed by atoms with E-state index in [2.05, 4.69) is 49.8 Å². The number of amides is 1. The Balaban J connectivity index is 2.48. The zero-order valence-corrected chi connectivity index (χ0v) is 14.0. The summed E-state index contributed by atoms with van der Waals surface area (Å²) in [7, 11) is 0. The molecule has 1 amide bonds. The average Bonchev–Trinajstić information content (AvgIpc) is 2.89. The molecule has 0 spiro atoms. The molecule has 0 aromatic carbocycles. The van der Waals surface area contributed by atoms with Crippen molar-refractivity contribution >= 4 is 17.2 Å². The molecule has 0 radical (unpaired) electrons. The maximum absolute atomic E-state index is 12.0. The number of carbonyl (C=O) groups excluding carboxylic acids is 1. The molecular weight excluding hydrogens is 284 g/mol. The molecule has 0 atom stereocenters. The number of nitrogens with one attached hydrogen (secondary N) is 1. The molecule has 4 nitrogen and oxygen atoms in total. The highest BCUT2D eigenvalue weighted by atomic mass is 32.1. The minimum atomic E-state index is -0.167. The average molecular weight is 308 g/mol. The molecule has 5 heteroatoms. The van der Waals surface area contributed by atoms with Gasteiger partial charge < -0.3 is 10.4 Å². The van der Waals surface area contributed by atoms with E-state index in [0.717, 1.165) is 11.4 Å². The van der Waals surface area contributed by atoms with Gasteiger partial charge in [0, 0.05) is 30.6 Å². The van der Waals surface area contributed by atoms with Crippen molar-refractivity contribution in [2.24, 2.45) is 0 Å². The van der Waals surface area contributed by atoms with Crippen molar-refractivity contribution in [2.75, 3.05) is 19.7 Å². The molecule has 0 aliphatic heterocycles. The van der Waals surface area contributed by atoms with Gasteiger partial charge in [0.25, 0.3) is 5.91 Å². The fraction of sp³-hybridized carbons (Fsp3) is 0.562. The predicted molar refractivity (Wildman–Crippen MR) is 87.6 cm³/mol. The summed E-state index contributed by atoms with van der Waals surface area (Å²) in [5.74, 6) is 5.31. The highest BCUT2D eigenvalue weighted by Gasteiger charge is 2.13. The van der Waals surface area contributed by atoms with Crippen LogP contribution >= 0.6 is 11.3 Å². The highest BCUT2D eigenvalue weighted by molar-refractivity contribution is 7.10. The lowest BCUT2D eigenvalue weighted by atomic mass is 10.2. The first-order valence-corrected chi connectivity index (χ1v) is 8.05. The first-order chi connectivity index (χ1) is 9.95. The van der Waals surface area contributed by atoms with Crippen molar-refractivity contribution in [3.63, 3.8) is 0 Å². The third-order valence-corrected chi connectivity index (χ3v) is 3.98. The third kappa shape index (κ3) is 5.88. The monoisotopic (exact) mass is 308 g/mol. The van der Waals surface area contributed by atoms with Crippen LogP contribution in [0.1, 0.15) is 42.9 Å². The maximum Gasteiger partial charge on any atom is 0.252 e. The van der Waals surface area contributed by atoms with Crippen LogP contribution in [0.3, 0.4) is 0 Å². The molecule has 21 heavy (non-hydrogen) atoms. The molecule has 2 N–H and O–H groups in total. The van der Waals surface area contributed by atoms with E-state index in [1.54, 1.807) is 11.4 Å². The number of thiophene rings is 1. The summed E-state index contributed by atoms with van der Waals surface area (Å²) in [6.45, 7) is 9.93. The van der Waals surface area contributed by atoms with Gasteiger partial charge >= 0.3 is 0 Å². The molecule has 0 fully saturated rings. The summed E-state index contributed by atoms with van der Waals surface area (Å²) in [6, 6.07) is 2.68. The number of carbonyl (C=O) groups is 1. The fourth-order valence-electron chi connectivity index (χ4n) is 2.16. The van der Waals surface area contributed by atoms with Crippen LogP contribution in [0.15, 0.2) is 11.4 Å². The van der Waals surface area contributed by atoms with E-state index < -0.39 is 0 Å². The SMILES string of the molecule is CC(C)N(CCNC(=O)c1csc(C#CCO)c1)C(C)C. The molecule has 116 valence electrons. The standard InChI is InChI=1S/C16H24N2O2S/c1-12(2)18(13(3)4)8-7-17-16(20)14-10-15(21-11-14)6-5-9-19/h10-13,19H,7-9H2,1-4H3,(H,17,20). The Morgan fingerprint density at radius 2 is 2.05 bits per heavy atom. The summed E-state index contributed by atoms with van der Waals surface area (Å²) in [5.41, 5.74) is 0.628. The molecule has 1 rings (SSSR count). The number of aliphatic hydroxyl groups is 1. The van der Waals surface area contributed by atoms with Gasteiger partial charge in [-0.25, -0.2) is 0 Å². The summed E-state index contributed by atoms with van der Waals surface area (Å²) in [4.78, 5) is 15.2. The fourth-order valence-corrected chi connectivity index (χ4v) is 2.92. The second-order valence-electron chi connectivity index (χ2n) is 5.34. The Kier molecular flexibility index (Phi) is 7.44. The maximum atomic E-state index is 12.0. The topological polar surface area (TPSA) is 52.6 Å². The molecule has 0 bridgehead atoms. The Hall–Kier alpha value is -1.35. The molecule has 1 aromatic rings. The lowest BCUT2D eigenvalue weighted by Gasteiger charge is -2.30. The van der Waals surface area contributed by atoms with Crippen molar-refractivity contribution in [1.29, 1.82) is 0 Å². The third-order valence-electron chi connectivity index (χ3n) is 3.13. The number of hydrogen-bond donors (Lipinski definition) is 2. The van der Waals surface area contributed by atoms with Gasteiger partial charge in [0.05, 0.1) is 10.4 Å². The Bertz CT molecular complexity index is 504. The lowest BCUT2D eigenvalue weighted by Crippen LogP contribution is -2.42. The zero-order valence-electron chi connectivity index (χ0n) is 13.1. The first kappa shape index (κ1) is 17.7. The number of aliphatic hydroxyl groups excluding tert-OH is 1. The van der Waals surface area contributed by atoms with Gasteiger partial charge in [-0.15, -0.1) is 11.3 Å². The van der Waals surface area contributed by atoms with Crippen LogP contribution in [0.2, 0.25) is 0 Å². The van der Waals surface area contributed by atoms with Crippen LogP contribution < -0.4 is 5.32 Å². The summed E-state index contributed by atoms with van der Waals surface area (Å²) < 4.78 is 0. The van der Waals surface area contributed by atoms with Gasteiger partial charge in [-0.3, -0.25) is 9.69 Å². The lowest BCUT2D eigenvalue weighted by molar-refractivity contribution is 0.0940. The van der Waals surface area contributed by atoms with Crippen LogP contribution in [0.4, 0.5) is 0 Å². The predicted octanol–water partition coefficient (Wildman–Crippen LogP) is 1.94. The van der Waals surface area contributed by atoms with Crippen LogP contribution in [-0.4, -0.2) is 47.7 Å². The summed E-state index contributed by atoms with van der Waals surface area (Å²) in [5, 5.41) is 13.4. The first-order valence-electron chi connectivity index (χ1n) is 7.18. The number of hydrogen-bond acceptors (Lipinski definition) is 4. The molecule has 0 aliphatic rings. The van der Waals surface area contributed by atoms with E-state index in [1.165, 1.54) is 11.3 Å². The minimum absolute atomic E-state index is 0.0734. The number of nitrogens with zero attached hydrogens (tertiary/aromatic N) is 1.